The average molecular weight is 221 g/mol. The molecule has 0 saturated heterocycles. The highest BCUT2D eigenvalue weighted by Crippen LogP contribution is 2.37. The third-order valence-electron chi connectivity index (χ3n) is 2.58. The summed E-state index contributed by atoms with van der Waals surface area (Å²) in [5.41, 5.74) is 1.84. The third kappa shape index (κ3) is 2.76. The van der Waals surface area contributed by atoms with E-state index < -0.39 is 0 Å². The lowest BCUT2D eigenvalue weighted by atomic mass is 9.96. The maximum absolute atomic E-state index is 3.66. The molecule has 1 aromatic rings. The van der Waals surface area contributed by atoms with Crippen molar-refractivity contribution in [2.75, 3.05) is 12.3 Å². The van der Waals surface area contributed by atoms with Crippen LogP contribution in [0.25, 0.3) is 0 Å². The first-order valence-electron chi connectivity index (χ1n) is 5.51. The highest BCUT2D eigenvalue weighted by atomic mass is 32.2. The predicted octanol–water partition coefficient (Wildman–Crippen LogP) is 3.47. The van der Waals surface area contributed by atoms with Crippen molar-refractivity contribution in [3.63, 3.8) is 0 Å². The van der Waals surface area contributed by atoms with E-state index in [4.69, 9.17) is 0 Å². The van der Waals surface area contributed by atoms with Crippen molar-refractivity contribution < 1.29 is 0 Å². The van der Waals surface area contributed by atoms with Gasteiger partial charge in [0.25, 0.3) is 0 Å². The molecule has 0 aromatic heterocycles. The molecule has 2 heteroatoms. The Morgan fingerprint density at radius 3 is 2.80 bits per heavy atom. The number of benzene rings is 1. The molecule has 0 saturated carbocycles. The Morgan fingerprint density at radius 1 is 1.33 bits per heavy atom. The van der Waals surface area contributed by atoms with Crippen LogP contribution < -0.4 is 5.32 Å². The molecule has 0 spiro atoms. The van der Waals surface area contributed by atoms with Gasteiger partial charge >= 0.3 is 0 Å². The van der Waals surface area contributed by atoms with E-state index in [1.165, 1.54) is 16.2 Å². The van der Waals surface area contributed by atoms with Crippen LogP contribution in [0.4, 0.5) is 0 Å². The molecule has 0 aliphatic carbocycles. The Labute approximate surface area is 96.7 Å². The number of nitrogens with one attached hydrogen (secondary N) is 1. The second kappa shape index (κ2) is 4.18. The molecule has 1 unspecified atom stereocenters. The fourth-order valence-electron chi connectivity index (χ4n) is 1.76. The maximum atomic E-state index is 3.66. The Balaban J connectivity index is 2.02. The van der Waals surface area contributed by atoms with E-state index >= 15 is 0 Å². The first-order chi connectivity index (χ1) is 7.06. The van der Waals surface area contributed by atoms with E-state index in [0.29, 0.717) is 11.5 Å². The Hall–Kier alpha value is -0.470. The standard InChI is InChI=1S/C13H19NS/c1-13(2,3)9-14-11-8-15-12-7-5-4-6-10(11)12/h4-7,11,14H,8-9H2,1-3H3. The molecule has 0 amide bonds. The lowest BCUT2D eigenvalue weighted by molar-refractivity contribution is 0.361. The normalized spacial score (nSPS) is 20.3. The van der Waals surface area contributed by atoms with Crippen LogP contribution >= 0.6 is 11.8 Å². The molecule has 1 N–H and O–H groups in total. The summed E-state index contributed by atoms with van der Waals surface area (Å²) in [7, 11) is 0. The van der Waals surface area contributed by atoms with Crippen LogP contribution in [-0.4, -0.2) is 12.3 Å². The molecule has 2 rings (SSSR count). The highest BCUT2D eigenvalue weighted by Gasteiger charge is 2.23. The fourth-order valence-corrected chi connectivity index (χ4v) is 2.96. The minimum absolute atomic E-state index is 0.363. The zero-order valence-electron chi connectivity index (χ0n) is 9.71. The molecule has 1 aliphatic rings. The lowest BCUT2D eigenvalue weighted by Gasteiger charge is -2.22. The zero-order chi connectivity index (χ0) is 10.9. The van der Waals surface area contributed by atoms with E-state index in [2.05, 4.69) is 50.4 Å². The van der Waals surface area contributed by atoms with Crippen molar-refractivity contribution in [3.05, 3.63) is 29.8 Å². The Morgan fingerprint density at radius 2 is 2.07 bits per heavy atom. The smallest absolute Gasteiger partial charge is 0.0426 e. The first-order valence-corrected chi connectivity index (χ1v) is 6.50. The molecule has 1 aliphatic heterocycles. The monoisotopic (exact) mass is 221 g/mol. The van der Waals surface area contributed by atoms with E-state index in [1.54, 1.807) is 0 Å². The van der Waals surface area contributed by atoms with Crippen molar-refractivity contribution in [2.45, 2.75) is 31.7 Å². The largest absolute Gasteiger partial charge is 0.309 e. The molecule has 1 atom stereocenters. The predicted molar refractivity (Wildman–Crippen MR) is 67.4 cm³/mol. The van der Waals surface area contributed by atoms with Crippen LogP contribution in [0.2, 0.25) is 0 Å². The van der Waals surface area contributed by atoms with Gasteiger partial charge < -0.3 is 5.32 Å². The van der Waals surface area contributed by atoms with Crippen molar-refractivity contribution >= 4 is 11.8 Å². The van der Waals surface area contributed by atoms with Crippen LogP contribution in [0.15, 0.2) is 29.2 Å². The van der Waals surface area contributed by atoms with E-state index in [1.807, 2.05) is 11.8 Å². The number of hydrogen-bond acceptors (Lipinski definition) is 2. The molecule has 82 valence electrons. The van der Waals surface area contributed by atoms with Crippen molar-refractivity contribution in [2.24, 2.45) is 5.41 Å². The van der Waals surface area contributed by atoms with Crippen molar-refractivity contribution in [3.8, 4) is 0 Å². The zero-order valence-corrected chi connectivity index (χ0v) is 10.5. The van der Waals surface area contributed by atoms with E-state index in [0.717, 1.165) is 6.54 Å². The van der Waals surface area contributed by atoms with Crippen LogP contribution in [0.5, 0.6) is 0 Å². The molecular weight excluding hydrogens is 202 g/mol. The summed E-state index contributed by atoms with van der Waals surface area (Å²) in [5, 5.41) is 3.66. The average Bonchev–Trinajstić information content (AvgIpc) is 2.57. The Kier molecular flexibility index (Phi) is 3.08. The van der Waals surface area contributed by atoms with Gasteiger partial charge in [-0.15, -0.1) is 11.8 Å². The van der Waals surface area contributed by atoms with Crippen LogP contribution in [0.3, 0.4) is 0 Å². The van der Waals surface area contributed by atoms with Crippen molar-refractivity contribution in [1.82, 2.24) is 5.32 Å². The highest BCUT2D eigenvalue weighted by molar-refractivity contribution is 7.99. The quantitative estimate of drug-likeness (QED) is 0.820. The second-order valence-electron chi connectivity index (χ2n) is 5.34. The summed E-state index contributed by atoms with van der Waals surface area (Å²) >= 11 is 1.96. The van der Waals surface area contributed by atoms with Gasteiger partial charge in [0.15, 0.2) is 0 Å². The van der Waals surface area contributed by atoms with Crippen LogP contribution in [0.1, 0.15) is 32.4 Å². The van der Waals surface area contributed by atoms with Gasteiger partial charge in [0.1, 0.15) is 0 Å². The number of fused-ring (bicyclic) bond motifs is 1. The van der Waals surface area contributed by atoms with Gasteiger partial charge in [-0.3, -0.25) is 0 Å². The molecule has 1 aromatic carbocycles. The van der Waals surface area contributed by atoms with Gasteiger partial charge in [-0.05, 0) is 17.0 Å². The summed E-state index contributed by atoms with van der Waals surface area (Å²) in [4.78, 5) is 1.45. The van der Waals surface area contributed by atoms with Gasteiger partial charge in [-0.1, -0.05) is 39.0 Å². The Bertz CT molecular complexity index is 341. The van der Waals surface area contributed by atoms with Gasteiger partial charge in [0, 0.05) is 23.2 Å². The fraction of sp³-hybridized carbons (Fsp3) is 0.538. The van der Waals surface area contributed by atoms with Gasteiger partial charge in [-0.25, -0.2) is 0 Å². The number of hydrogen-bond donors (Lipinski definition) is 1. The van der Waals surface area contributed by atoms with Gasteiger partial charge in [-0.2, -0.15) is 0 Å². The molecule has 0 fully saturated rings. The third-order valence-corrected chi connectivity index (χ3v) is 3.76. The van der Waals surface area contributed by atoms with Gasteiger partial charge in [0.05, 0.1) is 0 Å². The molecule has 0 radical (unpaired) electrons. The minimum atomic E-state index is 0.363. The molecule has 15 heavy (non-hydrogen) atoms. The van der Waals surface area contributed by atoms with Crippen molar-refractivity contribution in [1.29, 1.82) is 0 Å². The van der Waals surface area contributed by atoms with E-state index in [-0.39, 0.29) is 0 Å². The summed E-state index contributed by atoms with van der Waals surface area (Å²) < 4.78 is 0. The molecular formula is C13H19NS. The lowest BCUT2D eigenvalue weighted by Crippen LogP contribution is -2.30. The van der Waals surface area contributed by atoms with Gasteiger partial charge in [0.2, 0.25) is 0 Å². The maximum Gasteiger partial charge on any atom is 0.0426 e. The first kappa shape index (κ1) is 11.0. The molecule has 0 bridgehead atoms. The SMILES string of the molecule is CC(C)(C)CNC1CSc2ccccc21. The molecule has 1 heterocycles. The van der Waals surface area contributed by atoms with Crippen LogP contribution in [0, 0.1) is 5.41 Å². The van der Waals surface area contributed by atoms with E-state index in [9.17, 15) is 0 Å². The summed E-state index contributed by atoms with van der Waals surface area (Å²) in [6.07, 6.45) is 0. The second-order valence-corrected chi connectivity index (χ2v) is 6.40. The van der Waals surface area contributed by atoms with Crippen LogP contribution in [-0.2, 0) is 0 Å². The number of thioether (sulfide) groups is 1. The summed E-state index contributed by atoms with van der Waals surface area (Å²) in [5.74, 6) is 1.18. The molecule has 1 nitrogen and oxygen atoms in total. The topological polar surface area (TPSA) is 12.0 Å². The number of rotatable bonds is 2. The summed E-state index contributed by atoms with van der Waals surface area (Å²) in [6.45, 7) is 7.89. The minimum Gasteiger partial charge on any atom is -0.309 e. The summed E-state index contributed by atoms with van der Waals surface area (Å²) in [6, 6.07) is 9.27.